The van der Waals surface area contributed by atoms with Crippen LogP contribution in [0.15, 0.2) is 54.7 Å². The Hall–Kier alpha value is -2.43. The normalized spacial score (nSPS) is 17.0. The second kappa shape index (κ2) is 7.67. The van der Waals surface area contributed by atoms with Crippen LogP contribution in [-0.4, -0.2) is 41.0 Å². The molecule has 1 fully saturated rings. The molecule has 27 heavy (non-hydrogen) atoms. The second-order valence-corrected chi connectivity index (χ2v) is 7.54. The first-order chi connectivity index (χ1) is 13.1. The number of nitrogens with zero attached hydrogens (tertiary/aromatic N) is 3. The Labute approximate surface area is 161 Å². The molecule has 0 saturated carbocycles. The Morgan fingerprint density at radius 3 is 2.70 bits per heavy atom. The van der Waals surface area contributed by atoms with Crippen molar-refractivity contribution in [3.63, 3.8) is 0 Å². The molecule has 0 unspecified atom stereocenters. The molecule has 0 bridgehead atoms. The van der Waals surface area contributed by atoms with Gasteiger partial charge in [0.2, 0.25) is 0 Å². The Balaban J connectivity index is 1.74. The molecule has 4 heteroatoms. The number of hydrogen-bond acceptors (Lipinski definition) is 3. The van der Waals surface area contributed by atoms with Crippen LogP contribution in [0.1, 0.15) is 23.1 Å². The van der Waals surface area contributed by atoms with Gasteiger partial charge in [-0.15, -0.1) is 0 Å². The average Bonchev–Trinajstić information content (AvgIpc) is 3.34. The SMILES string of the molecule is Cc1ccc(C)c(-n2cc(CN(C)[C@@H]3CCOC3)c(-c3ccccc3)n2)c1. The summed E-state index contributed by atoms with van der Waals surface area (Å²) in [5, 5.41) is 4.99. The van der Waals surface area contributed by atoms with Crippen molar-refractivity contribution in [3.8, 4) is 16.9 Å². The topological polar surface area (TPSA) is 30.3 Å². The average molecular weight is 361 g/mol. The van der Waals surface area contributed by atoms with Crippen molar-refractivity contribution in [3.05, 3.63) is 71.4 Å². The van der Waals surface area contributed by atoms with E-state index in [-0.39, 0.29) is 0 Å². The number of benzene rings is 2. The summed E-state index contributed by atoms with van der Waals surface area (Å²) in [5.74, 6) is 0. The first-order valence-corrected chi connectivity index (χ1v) is 9.61. The summed E-state index contributed by atoms with van der Waals surface area (Å²) in [4.78, 5) is 2.39. The lowest BCUT2D eigenvalue weighted by molar-refractivity contribution is 0.156. The monoisotopic (exact) mass is 361 g/mol. The molecular weight excluding hydrogens is 334 g/mol. The van der Waals surface area contributed by atoms with Crippen LogP contribution < -0.4 is 0 Å². The fraction of sp³-hybridized carbons (Fsp3) is 0.348. The Bertz CT molecular complexity index is 911. The number of likely N-dealkylation sites (N-methyl/N-ethyl adjacent to an activating group) is 1. The van der Waals surface area contributed by atoms with E-state index in [1.165, 1.54) is 16.7 Å². The predicted octanol–water partition coefficient (Wildman–Crippen LogP) is 4.38. The van der Waals surface area contributed by atoms with E-state index in [1.54, 1.807) is 0 Å². The van der Waals surface area contributed by atoms with Gasteiger partial charge in [0, 0.05) is 36.5 Å². The quantitative estimate of drug-likeness (QED) is 0.676. The van der Waals surface area contributed by atoms with E-state index in [9.17, 15) is 0 Å². The summed E-state index contributed by atoms with van der Waals surface area (Å²) in [6.07, 6.45) is 3.29. The van der Waals surface area contributed by atoms with Crippen molar-refractivity contribution < 1.29 is 4.74 Å². The molecule has 1 atom stereocenters. The molecule has 1 aromatic heterocycles. The molecule has 0 N–H and O–H groups in total. The van der Waals surface area contributed by atoms with E-state index in [4.69, 9.17) is 9.84 Å². The predicted molar refractivity (Wildman–Crippen MR) is 109 cm³/mol. The fourth-order valence-electron chi connectivity index (χ4n) is 3.72. The summed E-state index contributed by atoms with van der Waals surface area (Å²) < 4.78 is 7.61. The minimum absolute atomic E-state index is 0.484. The van der Waals surface area contributed by atoms with Crippen molar-refractivity contribution in [1.82, 2.24) is 14.7 Å². The summed E-state index contributed by atoms with van der Waals surface area (Å²) in [6, 6.07) is 17.5. The van der Waals surface area contributed by atoms with Crippen LogP contribution in [-0.2, 0) is 11.3 Å². The molecule has 1 saturated heterocycles. The van der Waals surface area contributed by atoms with E-state index < -0.39 is 0 Å². The van der Waals surface area contributed by atoms with Gasteiger partial charge in [-0.05, 0) is 44.5 Å². The van der Waals surface area contributed by atoms with E-state index >= 15 is 0 Å². The van der Waals surface area contributed by atoms with Gasteiger partial charge in [-0.3, -0.25) is 4.90 Å². The first-order valence-electron chi connectivity index (χ1n) is 9.61. The number of aryl methyl sites for hydroxylation is 2. The molecule has 2 heterocycles. The Morgan fingerprint density at radius 2 is 1.96 bits per heavy atom. The summed E-state index contributed by atoms with van der Waals surface area (Å²) in [7, 11) is 2.18. The van der Waals surface area contributed by atoms with Gasteiger partial charge in [0.1, 0.15) is 0 Å². The minimum atomic E-state index is 0.484. The third-order valence-corrected chi connectivity index (χ3v) is 5.40. The highest BCUT2D eigenvalue weighted by molar-refractivity contribution is 5.63. The highest BCUT2D eigenvalue weighted by Gasteiger charge is 2.22. The van der Waals surface area contributed by atoms with E-state index in [0.717, 1.165) is 43.1 Å². The van der Waals surface area contributed by atoms with E-state index in [0.29, 0.717) is 6.04 Å². The number of hydrogen-bond donors (Lipinski definition) is 0. The number of rotatable bonds is 5. The smallest absolute Gasteiger partial charge is 0.0972 e. The number of aromatic nitrogens is 2. The maximum Gasteiger partial charge on any atom is 0.0972 e. The zero-order chi connectivity index (χ0) is 18.8. The third kappa shape index (κ3) is 3.82. The second-order valence-electron chi connectivity index (χ2n) is 7.54. The van der Waals surface area contributed by atoms with Gasteiger partial charge in [-0.2, -0.15) is 5.10 Å². The molecule has 4 rings (SSSR count). The Kier molecular flexibility index (Phi) is 5.10. The standard InChI is InChI=1S/C23H27N3O/c1-17-9-10-18(2)22(13-17)26-15-20(14-25(3)21-11-12-27-16-21)23(24-26)19-7-5-4-6-8-19/h4-10,13,15,21H,11-12,14,16H2,1-3H3/t21-/m1/s1. The molecule has 4 nitrogen and oxygen atoms in total. The van der Waals surface area contributed by atoms with Crippen LogP contribution in [0, 0.1) is 13.8 Å². The molecule has 3 aromatic rings. The summed E-state index contributed by atoms with van der Waals surface area (Å²) in [6.45, 7) is 6.81. The third-order valence-electron chi connectivity index (χ3n) is 5.40. The lowest BCUT2D eigenvalue weighted by atomic mass is 10.1. The maximum atomic E-state index is 5.57. The van der Waals surface area contributed by atoms with Crippen LogP contribution in [0.5, 0.6) is 0 Å². The van der Waals surface area contributed by atoms with Crippen molar-refractivity contribution in [2.75, 3.05) is 20.3 Å². The molecule has 0 amide bonds. The van der Waals surface area contributed by atoms with Crippen molar-refractivity contribution >= 4 is 0 Å². The molecule has 1 aliphatic heterocycles. The van der Waals surface area contributed by atoms with Gasteiger partial charge in [0.05, 0.1) is 18.0 Å². The van der Waals surface area contributed by atoms with Gasteiger partial charge in [-0.25, -0.2) is 4.68 Å². The molecular formula is C23H27N3O. The molecule has 1 aliphatic rings. The van der Waals surface area contributed by atoms with Gasteiger partial charge in [-0.1, -0.05) is 42.5 Å². The molecule has 0 spiro atoms. The van der Waals surface area contributed by atoms with Crippen LogP contribution in [0.2, 0.25) is 0 Å². The van der Waals surface area contributed by atoms with Crippen LogP contribution >= 0.6 is 0 Å². The van der Waals surface area contributed by atoms with Crippen molar-refractivity contribution in [2.45, 2.75) is 32.9 Å². The summed E-state index contributed by atoms with van der Waals surface area (Å²) >= 11 is 0. The number of ether oxygens (including phenoxy) is 1. The van der Waals surface area contributed by atoms with Crippen LogP contribution in [0.4, 0.5) is 0 Å². The van der Waals surface area contributed by atoms with E-state index in [2.05, 4.69) is 74.5 Å². The van der Waals surface area contributed by atoms with Gasteiger partial charge in [0.15, 0.2) is 0 Å². The van der Waals surface area contributed by atoms with Gasteiger partial charge < -0.3 is 4.74 Å². The molecule has 2 aromatic carbocycles. The Morgan fingerprint density at radius 1 is 1.15 bits per heavy atom. The van der Waals surface area contributed by atoms with Gasteiger partial charge >= 0.3 is 0 Å². The first kappa shape index (κ1) is 18.0. The highest BCUT2D eigenvalue weighted by Crippen LogP contribution is 2.27. The minimum Gasteiger partial charge on any atom is -0.380 e. The van der Waals surface area contributed by atoms with E-state index in [1.807, 2.05) is 10.7 Å². The maximum absolute atomic E-state index is 5.57. The fourth-order valence-corrected chi connectivity index (χ4v) is 3.72. The van der Waals surface area contributed by atoms with Crippen molar-refractivity contribution in [1.29, 1.82) is 0 Å². The molecule has 140 valence electrons. The highest BCUT2D eigenvalue weighted by atomic mass is 16.5. The zero-order valence-corrected chi connectivity index (χ0v) is 16.4. The lowest BCUT2D eigenvalue weighted by Crippen LogP contribution is -2.31. The summed E-state index contributed by atoms with van der Waals surface area (Å²) in [5.41, 5.74) is 7.08. The lowest BCUT2D eigenvalue weighted by Gasteiger charge is -2.22. The zero-order valence-electron chi connectivity index (χ0n) is 16.4. The molecule has 0 radical (unpaired) electrons. The van der Waals surface area contributed by atoms with Crippen LogP contribution in [0.25, 0.3) is 16.9 Å². The van der Waals surface area contributed by atoms with Crippen LogP contribution in [0.3, 0.4) is 0 Å². The molecule has 0 aliphatic carbocycles. The van der Waals surface area contributed by atoms with Gasteiger partial charge in [0.25, 0.3) is 0 Å². The van der Waals surface area contributed by atoms with Crippen molar-refractivity contribution in [2.24, 2.45) is 0 Å². The largest absolute Gasteiger partial charge is 0.380 e.